The van der Waals surface area contributed by atoms with Gasteiger partial charge in [0.2, 0.25) is 0 Å². The van der Waals surface area contributed by atoms with Gasteiger partial charge in [-0.05, 0) is 24.6 Å². The number of ether oxygens (including phenoxy) is 2. The Balaban J connectivity index is 2.21. The monoisotopic (exact) mass is 343 g/mol. The Bertz CT molecular complexity index is 792. The third-order valence-corrected chi connectivity index (χ3v) is 3.48. The number of hydrogen-bond acceptors (Lipinski definition) is 7. The first kappa shape index (κ1) is 18.0. The van der Waals surface area contributed by atoms with E-state index in [0.29, 0.717) is 30.2 Å². The van der Waals surface area contributed by atoms with Gasteiger partial charge in [0, 0.05) is 6.54 Å². The number of esters is 1. The van der Waals surface area contributed by atoms with Crippen LogP contribution in [-0.4, -0.2) is 38.0 Å². The molecule has 1 aromatic carbocycles. The predicted molar refractivity (Wildman–Crippen MR) is 88.4 cm³/mol. The molecular weight excluding hydrogens is 326 g/mol. The Morgan fingerprint density at radius 1 is 1.32 bits per heavy atom. The van der Waals surface area contributed by atoms with Crippen LogP contribution in [0.15, 0.2) is 23.8 Å². The van der Waals surface area contributed by atoms with Gasteiger partial charge in [0.15, 0.2) is 0 Å². The highest BCUT2D eigenvalue weighted by molar-refractivity contribution is 6.37. The number of benzene rings is 1. The highest BCUT2D eigenvalue weighted by Crippen LogP contribution is 2.31. The number of anilines is 1. The molecule has 1 aliphatic heterocycles. The molecule has 0 aliphatic carbocycles. The van der Waals surface area contributed by atoms with Crippen molar-refractivity contribution in [2.45, 2.75) is 13.3 Å². The molecule has 8 nitrogen and oxygen atoms in total. The number of methoxy groups -OCH3 is 1. The lowest BCUT2D eigenvalue weighted by Gasteiger charge is -2.12. The molecule has 0 unspecified atom stereocenters. The number of carbonyl (C=O) groups is 3. The summed E-state index contributed by atoms with van der Waals surface area (Å²) in [7, 11) is 1.45. The van der Waals surface area contributed by atoms with E-state index in [-0.39, 0.29) is 23.5 Å². The highest BCUT2D eigenvalue weighted by Gasteiger charge is 2.31. The lowest BCUT2D eigenvalue weighted by atomic mass is 10.0. The van der Waals surface area contributed by atoms with E-state index in [1.165, 1.54) is 7.11 Å². The van der Waals surface area contributed by atoms with Gasteiger partial charge in [-0.25, -0.2) is 0 Å². The maximum Gasteiger partial charge on any atom is 0.307 e. The summed E-state index contributed by atoms with van der Waals surface area (Å²) in [6, 6.07) is 6.54. The van der Waals surface area contributed by atoms with Crippen molar-refractivity contribution in [3.8, 4) is 11.8 Å². The smallest absolute Gasteiger partial charge is 0.307 e. The molecule has 25 heavy (non-hydrogen) atoms. The molecule has 1 aromatic rings. The van der Waals surface area contributed by atoms with Crippen molar-refractivity contribution in [2.24, 2.45) is 0 Å². The molecule has 0 bridgehead atoms. The van der Waals surface area contributed by atoms with E-state index in [2.05, 4.69) is 10.6 Å². The average Bonchev–Trinajstić information content (AvgIpc) is 2.88. The van der Waals surface area contributed by atoms with Gasteiger partial charge in [0.1, 0.15) is 17.4 Å². The fraction of sp³-hybridized carbons (Fsp3) is 0.294. The maximum atomic E-state index is 11.9. The van der Waals surface area contributed by atoms with Crippen LogP contribution in [0.1, 0.15) is 18.9 Å². The average molecular weight is 343 g/mol. The van der Waals surface area contributed by atoms with Crippen LogP contribution in [0, 0.1) is 11.3 Å². The van der Waals surface area contributed by atoms with Gasteiger partial charge in [-0.2, -0.15) is 5.26 Å². The zero-order valence-corrected chi connectivity index (χ0v) is 13.8. The molecule has 0 atom stereocenters. The maximum absolute atomic E-state index is 11.9. The molecule has 1 aliphatic rings. The van der Waals surface area contributed by atoms with E-state index in [1.807, 2.05) is 0 Å². The van der Waals surface area contributed by atoms with E-state index in [0.717, 1.165) is 0 Å². The first-order valence-electron chi connectivity index (χ1n) is 7.59. The topological polar surface area (TPSA) is 118 Å². The van der Waals surface area contributed by atoms with Crippen molar-refractivity contribution < 1.29 is 23.9 Å². The summed E-state index contributed by atoms with van der Waals surface area (Å²) in [4.78, 5) is 34.8. The van der Waals surface area contributed by atoms with Crippen molar-refractivity contribution in [3.63, 3.8) is 0 Å². The summed E-state index contributed by atoms with van der Waals surface area (Å²) in [6.07, 6.45) is 0.194. The van der Waals surface area contributed by atoms with Gasteiger partial charge in [0.05, 0.1) is 31.4 Å². The number of imide groups is 1. The SMILES string of the molecule is CCOC(=O)CCNc1ccc(C2=C(C#N)C(=O)NC2=O)cc1OC. The van der Waals surface area contributed by atoms with Gasteiger partial charge in [-0.3, -0.25) is 19.7 Å². The molecule has 0 spiro atoms. The number of amides is 2. The Morgan fingerprint density at radius 3 is 2.72 bits per heavy atom. The van der Waals surface area contributed by atoms with Crippen LogP contribution >= 0.6 is 0 Å². The number of carbonyl (C=O) groups excluding carboxylic acids is 3. The quantitative estimate of drug-likeness (QED) is 0.560. The summed E-state index contributed by atoms with van der Waals surface area (Å²) in [5.74, 6) is -1.22. The van der Waals surface area contributed by atoms with Crippen LogP contribution in [0.3, 0.4) is 0 Å². The fourth-order valence-corrected chi connectivity index (χ4v) is 2.36. The Kier molecular flexibility index (Phi) is 5.74. The molecular formula is C17H17N3O5. The summed E-state index contributed by atoms with van der Waals surface area (Å²) in [5, 5.41) is 14.2. The van der Waals surface area contributed by atoms with Crippen LogP contribution in [0.25, 0.3) is 5.57 Å². The zero-order valence-electron chi connectivity index (χ0n) is 13.8. The summed E-state index contributed by atoms with van der Waals surface area (Å²) >= 11 is 0. The summed E-state index contributed by atoms with van der Waals surface area (Å²) in [6.45, 7) is 2.41. The van der Waals surface area contributed by atoms with Crippen LogP contribution in [0.4, 0.5) is 5.69 Å². The van der Waals surface area contributed by atoms with E-state index in [1.54, 1.807) is 31.2 Å². The van der Waals surface area contributed by atoms with Gasteiger partial charge in [-0.15, -0.1) is 0 Å². The normalized spacial score (nSPS) is 13.3. The van der Waals surface area contributed by atoms with Crippen LogP contribution in [0.2, 0.25) is 0 Å². The van der Waals surface area contributed by atoms with Gasteiger partial charge in [0.25, 0.3) is 11.8 Å². The van der Waals surface area contributed by atoms with E-state index >= 15 is 0 Å². The first-order chi connectivity index (χ1) is 12.0. The van der Waals surface area contributed by atoms with Crippen LogP contribution in [-0.2, 0) is 19.1 Å². The van der Waals surface area contributed by atoms with E-state index in [9.17, 15) is 14.4 Å². The minimum Gasteiger partial charge on any atom is -0.495 e. The summed E-state index contributed by atoms with van der Waals surface area (Å²) in [5.41, 5.74) is 0.797. The standard InChI is InChI=1S/C17H17N3O5/c1-3-25-14(21)6-7-19-12-5-4-10(8-13(12)24-2)15-11(9-18)16(22)20-17(15)23/h4-5,8,19H,3,6-7H2,1-2H3,(H,20,22,23). The molecule has 8 heteroatoms. The van der Waals surface area contributed by atoms with Crippen molar-refractivity contribution >= 4 is 29.0 Å². The zero-order chi connectivity index (χ0) is 18.4. The minimum absolute atomic E-state index is 0.0175. The van der Waals surface area contributed by atoms with Crippen LogP contribution in [0.5, 0.6) is 5.75 Å². The molecule has 0 radical (unpaired) electrons. The predicted octanol–water partition coefficient (Wildman–Crippen LogP) is 0.994. The molecule has 2 amide bonds. The summed E-state index contributed by atoms with van der Waals surface area (Å²) < 4.78 is 10.1. The van der Waals surface area contributed by atoms with Gasteiger partial charge < -0.3 is 14.8 Å². The minimum atomic E-state index is -0.710. The van der Waals surface area contributed by atoms with E-state index < -0.39 is 11.8 Å². The third kappa shape index (κ3) is 3.95. The fourth-order valence-electron chi connectivity index (χ4n) is 2.36. The van der Waals surface area contributed by atoms with Crippen molar-refractivity contribution in [1.82, 2.24) is 5.32 Å². The number of nitrogens with one attached hydrogen (secondary N) is 2. The van der Waals surface area contributed by atoms with Crippen molar-refractivity contribution in [3.05, 3.63) is 29.3 Å². The second kappa shape index (κ2) is 7.97. The first-order valence-corrected chi connectivity index (χ1v) is 7.59. The highest BCUT2D eigenvalue weighted by atomic mass is 16.5. The van der Waals surface area contributed by atoms with E-state index in [4.69, 9.17) is 14.7 Å². The molecule has 0 saturated heterocycles. The largest absolute Gasteiger partial charge is 0.495 e. The Labute approximate surface area is 144 Å². The van der Waals surface area contributed by atoms with Crippen molar-refractivity contribution in [1.29, 1.82) is 5.26 Å². The Hall–Kier alpha value is -3.34. The number of rotatable bonds is 7. The second-order valence-electron chi connectivity index (χ2n) is 5.04. The number of nitrogens with zero attached hydrogens (tertiary/aromatic N) is 1. The van der Waals surface area contributed by atoms with Crippen LogP contribution < -0.4 is 15.4 Å². The lowest BCUT2D eigenvalue weighted by molar-refractivity contribution is -0.142. The molecule has 2 N–H and O–H groups in total. The lowest BCUT2D eigenvalue weighted by Crippen LogP contribution is -2.22. The second-order valence-corrected chi connectivity index (χ2v) is 5.04. The number of hydrogen-bond donors (Lipinski definition) is 2. The molecule has 130 valence electrons. The molecule has 1 heterocycles. The molecule has 0 aromatic heterocycles. The molecule has 0 fully saturated rings. The Morgan fingerprint density at radius 2 is 2.08 bits per heavy atom. The molecule has 0 saturated carbocycles. The molecule has 2 rings (SSSR count). The van der Waals surface area contributed by atoms with Gasteiger partial charge >= 0.3 is 5.97 Å². The van der Waals surface area contributed by atoms with Gasteiger partial charge in [-0.1, -0.05) is 6.07 Å². The van der Waals surface area contributed by atoms with Crippen molar-refractivity contribution in [2.75, 3.05) is 25.6 Å². The third-order valence-electron chi connectivity index (χ3n) is 3.48. The number of nitriles is 1.